The zero-order chi connectivity index (χ0) is 20.8. The molecule has 0 saturated carbocycles. The number of thiazole rings is 1. The van der Waals surface area contributed by atoms with Crippen molar-refractivity contribution >= 4 is 22.9 Å². The molecule has 0 unspecified atom stereocenters. The predicted molar refractivity (Wildman–Crippen MR) is 119 cm³/mol. The van der Waals surface area contributed by atoms with Crippen LogP contribution in [-0.2, 0) is 13.2 Å². The smallest absolute Gasteiger partial charge is 0.254 e. The number of benzene rings is 2. The van der Waals surface area contributed by atoms with E-state index in [0.29, 0.717) is 31.0 Å². The first-order valence-electron chi connectivity index (χ1n) is 9.65. The van der Waals surface area contributed by atoms with Crippen LogP contribution < -0.4 is 9.64 Å². The summed E-state index contributed by atoms with van der Waals surface area (Å²) < 4.78 is 5.83. The van der Waals surface area contributed by atoms with E-state index < -0.39 is 0 Å². The molecule has 1 heterocycles. The van der Waals surface area contributed by atoms with E-state index in [1.807, 2.05) is 56.4 Å². The Bertz CT molecular complexity index is 951. The Morgan fingerprint density at radius 2 is 1.90 bits per heavy atom. The summed E-state index contributed by atoms with van der Waals surface area (Å²) in [7, 11) is 4.03. The molecule has 0 aliphatic heterocycles. The first-order chi connectivity index (χ1) is 14.0. The Balaban J connectivity index is 1.67. The average Bonchev–Trinajstić information content (AvgIpc) is 3.15. The van der Waals surface area contributed by atoms with Crippen LogP contribution in [0.25, 0.3) is 0 Å². The van der Waals surface area contributed by atoms with Gasteiger partial charge in [0, 0.05) is 43.8 Å². The monoisotopic (exact) mass is 409 g/mol. The number of ether oxygens (including phenoxy) is 1. The van der Waals surface area contributed by atoms with Gasteiger partial charge in [0.15, 0.2) is 0 Å². The largest absolute Gasteiger partial charge is 0.487 e. The van der Waals surface area contributed by atoms with Crippen molar-refractivity contribution in [3.8, 4) is 5.75 Å². The Morgan fingerprint density at radius 3 is 2.52 bits per heavy atom. The number of carbonyl (C=O) groups is 1. The van der Waals surface area contributed by atoms with Gasteiger partial charge < -0.3 is 14.5 Å². The van der Waals surface area contributed by atoms with E-state index in [0.717, 1.165) is 22.0 Å². The molecule has 5 nitrogen and oxygen atoms in total. The number of amides is 1. The molecule has 29 heavy (non-hydrogen) atoms. The van der Waals surface area contributed by atoms with Crippen molar-refractivity contribution in [3.05, 3.63) is 75.7 Å². The molecule has 3 rings (SSSR count). The SMILES string of the molecule is CCN(Cc1ccc(N(C)C)cc1)C(=O)c1cccc(OCc2csc(C)n2)c1. The molecule has 1 aromatic heterocycles. The second kappa shape index (κ2) is 9.56. The van der Waals surface area contributed by atoms with Crippen molar-refractivity contribution in [2.75, 3.05) is 25.5 Å². The van der Waals surface area contributed by atoms with Crippen LogP contribution in [-0.4, -0.2) is 36.4 Å². The third kappa shape index (κ3) is 5.57. The van der Waals surface area contributed by atoms with Gasteiger partial charge in [-0.2, -0.15) is 0 Å². The molecule has 0 atom stereocenters. The molecular formula is C23H27N3O2S. The van der Waals surface area contributed by atoms with Crippen LogP contribution in [0.3, 0.4) is 0 Å². The maximum absolute atomic E-state index is 13.0. The highest BCUT2D eigenvalue weighted by Gasteiger charge is 2.15. The standard InChI is InChI=1S/C23H27N3O2S/c1-5-26(14-18-9-11-21(12-10-18)25(3)4)23(27)19-7-6-8-22(13-19)28-15-20-16-29-17(2)24-20/h6-13,16H,5,14-15H2,1-4H3. The summed E-state index contributed by atoms with van der Waals surface area (Å²) in [5.74, 6) is 0.673. The Hall–Kier alpha value is -2.86. The maximum atomic E-state index is 13.0. The lowest BCUT2D eigenvalue weighted by atomic mass is 10.1. The summed E-state index contributed by atoms with van der Waals surface area (Å²) >= 11 is 1.60. The van der Waals surface area contributed by atoms with Crippen molar-refractivity contribution in [2.45, 2.75) is 27.0 Å². The Labute approximate surface area is 176 Å². The fourth-order valence-corrected chi connectivity index (χ4v) is 3.58. The summed E-state index contributed by atoms with van der Waals surface area (Å²) in [6, 6.07) is 15.6. The molecule has 152 valence electrons. The highest BCUT2D eigenvalue weighted by molar-refractivity contribution is 7.09. The zero-order valence-electron chi connectivity index (χ0n) is 17.4. The molecule has 0 spiro atoms. The third-order valence-corrected chi connectivity index (χ3v) is 5.45. The fourth-order valence-electron chi connectivity index (χ4n) is 2.98. The van der Waals surface area contributed by atoms with Crippen LogP contribution in [0, 0.1) is 6.92 Å². The van der Waals surface area contributed by atoms with E-state index in [9.17, 15) is 4.79 Å². The van der Waals surface area contributed by atoms with E-state index in [2.05, 4.69) is 34.1 Å². The molecule has 1 amide bonds. The van der Waals surface area contributed by atoms with Gasteiger partial charge in [0.1, 0.15) is 12.4 Å². The zero-order valence-corrected chi connectivity index (χ0v) is 18.2. The molecule has 0 bridgehead atoms. The van der Waals surface area contributed by atoms with Gasteiger partial charge in [-0.05, 0) is 49.7 Å². The van der Waals surface area contributed by atoms with Crippen molar-refractivity contribution in [3.63, 3.8) is 0 Å². The van der Waals surface area contributed by atoms with E-state index in [-0.39, 0.29) is 5.91 Å². The van der Waals surface area contributed by atoms with Crippen LogP contribution >= 0.6 is 11.3 Å². The van der Waals surface area contributed by atoms with E-state index in [1.165, 1.54) is 0 Å². The maximum Gasteiger partial charge on any atom is 0.254 e. The number of nitrogens with zero attached hydrogens (tertiary/aromatic N) is 3. The normalized spacial score (nSPS) is 10.6. The number of carbonyl (C=O) groups excluding carboxylic acids is 1. The Morgan fingerprint density at radius 1 is 1.14 bits per heavy atom. The number of aryl methyl sites for hydroxylation is 1. The molecule has 0 N–H and O–H groups in total. The molecule has 0 aliphatic carbocycles. The van der Waals surface area contributed by atoms with Crippen molar-refractivity contribution < 1.29 is 9.53 Å². The quantitative estimate of drug-likeness (QED) is 0.538. The van der Waals surface area contributed by atoms with Gasteiger partial charge in [0.2, 0.25) is 0 Å². The lowest BCUT2D eigenvalue weighted by Gasteiger charge is -2.22. The van der Waals surface area contributed by atoms with E-state index in [4.69, 9.17) is 4.74 Å². The van der Waals surface area contributed by atoms with Gasteiger partial charge in [0.05, 0.1) is 10.7 Å². The first-order valence-corrected chi connectivity index (χ1v) is 10.5. The number of rotatable bonds is 8. The van der Waals surface area contributed by atoms with Crippen LogP contribution in [0.1, 0.15) is 33.5 Å². The van der Waals surface area contributed by atoms with Crippen molar-refractivity contribution in [1.82, 2.24) is 9.88 Å². The topological polar surface area (TPSA) is 45.7 Å². The summed E-state index contributed by atoms with van der Waals surface area (Å²) in [6.45, 7) is 5.58. The molecule has 0 saturated heterocycles. The summed E-state index contributed by atoms with van der Waals surface area (Å²) in [6.07, 6.45) is 0. The predicted octanol–water partition coefficient (Wildman–Crippen LogP) is 4.76. The molecule has 6 heteroatoms. The second-order valence-electron chi connectivity index (χ2n) is 7.05. The van der Waals surface area contributed by atoms with Crippen LogP contribution in [0.4, 0.5) is 5.69 Å². The van der Waals surface area contributed by atoms with E-state index >= 15 is 0 Å². The summed E-state index contributed by atoms with van der Waals surface area (Å²) in [4.78, 5) is 21.3. The minimum absolute atomic E-state index is 0.000797. The lowest BCUT2D eigenvalue weighted by Crippen LogP contribution is -2.30. The fraction of sp³-hybridized carbons (Fsp3) is 0.304. The number of hydrogen-bond donors (Lipinski definition) is 0. The summed E-state index contributed by atoms with van der Waals surface area (Å²) in [5.41, 5.74) is 3.78. The molecular weight excluding hydrogens is 382 g/mol. The number of anilines is 1. The van der Waals surface area contributed by atoms with Gasteiger partial charge in [-0.25, -0.2) is 4.98 Å². The Kier molecular flexibility index (Phi) is 6.88. The number of hydrogen-bond acceptors (Lipinski definition) is 5. The number of aromatic nitrogens is 1. The second-order valence-corrected chi connectivity index (χ2v) is 8.12. The summed E-state index contributed by atoms with van der Waals surface area (Å²) in [5, 5.41) is 3.01. The first kappa shape index (κ1) is 20.9. The molecule has 3 aromatic rings. The van der Waals surface area contributed by atoms with Crippen LogP contribution in [0.2, 0.25) is 0 Å². The van der Waals surface area contributed by atoms with Crippen LogP contribution in [0.5, 0.6) is 5.75 Å². The van der Waals surface area contributed by atoms with Gasteiger partial charge >= 0.3 is 0 Å². The highest BCUT2D eigenvalue weighted by atomic mass is 32.1. The van der Waals surface area contributed by atoms with E-state index in [1.54, 1.807) is 17.4 Å². The third-order valence-electron chi connectivity index (χ3n) is 4.63. The van der Waals surface area contributed by atoms with Crippen molar-refractivity contribution in [1.29, 1.82) is 0 Å². The molecule has 0 radical (unpaired) electrons. The minimum atomic E-state index is -0.000797. The van der Waals surface area contributed by atoms with Gasteiger partial charge in [-0.1, -0.05) is 18.2 Å². The van der Waals surface area contributed by atoms with Gasteiger partial charge in [-0.3, -0.25) is 4.79 Å². The molecule has 2 aromatic carbocycles. The molecule has 0 fully saturated rings. The van der Waals surface area contributed by atoms with Gasteiger partial charge in [0.25, 0.3) is 5.91 Å². The lowest BCUT2D eigenvalue weighted by molar-refractivity contribution is 0.0752. The minimum Gasteiger partial charge on any atom is -0.487 e. The molecule has 0 aliphatic rings. The average molecular weight is 410 g/mol. The van der Waals surface area contributed by atoms with Crippen LogP contribution in [0.15, 0.2) is 53.9 Å². The van der Waals surface area contributed by atoms with Gasteiger partial charge in [-0.15, -0.1) is 11.3 Å². The highest BCUT2D eigenvalue weighted by Crippen LogP contribution is 2.19. The van der Waals surface area contributed by atoms with Crippen molar-refractivity contribution in [2.24, 2.45) is 0 Å².